The van der Waals surface area contributed by atoms with E-state index in [2.05, 4.69) is 10.1 Å². The van der Waals surface area contributed by atoms with E-state index in [1.54, 1.807) is 30.0 Å². The van der Waals surface area contributed by atoms with E-state index in [1.165, 1.54) is 29.4 Å². The second-order valence-electron chi connectivity index (χ2n) is 8.01. The lowest BCUT2D eigenvalue weighted by atomic mass is 9.91. The Morgan fingerprint density at radius 1 is 1.06 bits per heavy atom. The minimum Gasteiger partial charge on any atom is -0.496 e. The molecular weight excluding hydrogens is 470 g/mol. The molecule has 2 atom stereocenters. The van der Waals surface area contributed by atoms with Gasteiger partial charge in [0.25, 0.3) is 11.6 Å². The average Bonchev–Trinajstić information content (AvgIpc) is 3.37. The number of nitro benzene ring substituents is 1. The van der Waals surface area contributed by atoms with Gasteiger partial charge in [0.05, 0.1) is 24.1 Å². The molecule has 1 aliphatic heterocycles. The highest BCUT2D eigenvalue weighted by Gasteiger charge is 2.41. The molecule has 176 valence electrons. The highest BCUT2D eigenvalue weighted by Crippen LogP contribution is 2.45. The fourth-order valence-electron chi connectivity index (χ4n) is 4.54. The summed E-state index contributed by atoms with van der Waals surface area (Å²) in [4.78, 5) is 30.9. The predicted molar refractivity (Wildman–Crippen MR) is 130 cm³/mol. The number of carbonyl (C=O) groups is 1. The second-order valence-corrected chi connectivity index (χ2v) is 8.45. The van der Waals surface area contributed by atoms with Crippen LogP contribution in [0.15, 0.2) is 79.1 Å². The summed E-state index contributed by atoms with van der Waals surface area (Å²) in [6, 6.07) is 19.9. The normalized spacial score (nSPS) is 17.0. The van der Waals surface area contributed by atoms with Crippen LogP contribution in [-0.4, -0.2) is 32.7 Å². The summed E-state index contributed by atoms with van der Waals surface area (Å²) < 4.78 is 7.26. The van der Waals surface area contributed by atoms with Crippen molar-refractivity contribution in [1.29, 1.82) is 0 Å². The molecule has 3 aromatic carbocycles. The predicted octanol–water partition coefficient (Wildman–Crippen LogP) is 5.23. The third-order valence-corrected chi connectivity index (χ3v) is 6.38. The number of hydrogen-bond donors (Lipinski definition) is 0. The van der Waals surface area contributed by atoms with Gasteiger partial charge >= 0.3 is 0 Å². The number of fused-ring (bicyclic) bond motifs is 1. The van der Waals surface area contributed by atoms with Gasteiger partial charge in [-0.05, 0) is 36.2 Å². The molecule has 5 rings (SSSR count). The van der Waals surface area contributed by atoms with Crippen molar-refractivity contribution in [2.75, 3.05) is 12.0 Å². The van der Waals surface area contributed by atoms with Crippen LogP contribution in [0.1, 0.15) is 40.0 Å². The Kier molecular flexibility index (Phi) is 5.92. The standard InChI is InChI=1S/C25H20ClN5O4/c1-35-23-9-5-3-6-18(23)22-14-21(16-10-12-17(26)13-11-16)29(25-27-15-28-30(22)25)24(32)19-7-2-4-8-20(19)31(33)34/h2-13,15,21-22H,14H2,1H3/t21-,22-/m0/s1. The minimum atomic E-state index is -0.559. The number of amides is 1. The number of ether oxygens (including phenoxy) is 1. The number of hydrogen-bond acceptors (Lipinski definition) is 6. The molecule has 0 saturated heterocycles. The van der Waals surface area contributed by atoms with Gasteiger partial charge < -0.3 is 4.74 Å². The average molecular weight is 490 g/mol. The molecule has 1 amide bonds. The van der Waals surface area contributed by atoms with Gasteiger partial charge in [0.2, 0.25) is 5.95 Å². The Morgan fingerprint density at radius 3 is 2.51 bits per heavy atom. The van der Waals surface area contributed by atoms with E-state index in [1.807, 2.05) is 36.4 Å². The van der Waals surface area contributed by atoms with E-state index in [4.69, 9.17) is 16.3 Å². The summed E-state index contributed by atoms with van der Waals surface area (Å²) in [5, 5.41) is 16.7. The molecule has 2 heterocycles. The van der Waals surface area contributed by atoms with Gasteiger partial charge in [-0.25, -0.2) is 4.68 Å². The van der Waals surface area contributed by atoms with Gasteiger partial charge in [0.15, 0.2) is 0 Å². The second kappa shape index (κ2) is 9.19. The summed E-state index contributed by atoms with van der Waals surface area (Å²) in [7, 11) is 1.60. The van der Waals surface area contributed by atoms with E-state index >= 15 is 0 Å². The number of aromatic nitrogens is 3. The van der Waals surface area contributed by atoms with Crippen LogP contribution < -0.4 is 9.64 Å². The maximum atomic E-state index is 13.9. The zero-order chi connectivity index (χ0) is 24.5. The first kappa shape index (κ1) is 22.5. The number of nitrogens with zero attached hydrogens (tertiary/aromatic N) is 5. The summed E-state index contributed by atoms with van der Waals surface area (Å²) in [6.45, 7) is 0. The van der Waals surface area contributed by atoms with Crippen molar-refractivity contribution in [2.45, 2.75) is 18.5 Å². The number of rotatable bonds is 5. The van der Waals surface area contributed by atoms with Gasteiger partial charge in [-0.2, -0.15) is 10.1 Å². The van der Waals surface area contributed by atoms with Crippen molar-refractivity contribution in [2.24, 2.45) is 0 Å². The molecule has 0 fully saturated rings. The number of benzene rings is 3. The fourth-order valence-corrected chi connectivity index (χ4v) is 4.66. The third-order valence-electron chi connectivity index (χ3n) is 6.13. The minimum absolute atomic E-state index is 0.0262. The molecule has 1 aliphatic rings. The van der Waals surface area contributed by atoms with E-state index < -0.39 is 16.9 Å². The zero-order valence-corrected chi connectivity index (χ0v) is 19.4. The maximum Gasteiger partial charge on any atom is 0.282 e. The van der Waals surface area contributed by atoms with Gasteiger partial charge in [0, 0.05) is 16.7 Å². The van der Waals surface area contributed by atoms with Crippen LogP contribution in [0.25, 0.3) is 0 Å². The number of para-hydroxylation sites is 2. The van der Waals surface area contributed by atoms with E-state index in [9.17, 15) is 14.9 Å². The lowest BCUT2D eigenvalue weighted by molar-refractivity contribution is -0.385. The molecule has 10 heteroatoms. The molecule has 0 unspecified atom stereocenters. The summed E-state index contributed by atoms with van der Waals surface area (Å²) in [5.41, 5.74) is 1.40. The van der Waals surface area contributed by atoms with Gasteiger partial charge in [-0.15, -0.1) is 0 Å². The molecule has 0 spiro atoms. The fraction of sp³-hybridized carbons (Fsp3) is 0.160. The quantitative estimate of drug-likeness (QED) is 0.281. The van der Waals surface area contributed by atoms with E-state index in [-0.39, 0.29) is 23.2 Å². The number of carbonyl (C=O) groups excluding carboxylic acids is 1. The molecule has 35 heavy (non-hydrogen) atoms. The highest BCUT2D eigenvalue weighted by molar-refractivity contribution is 6.30. The molecule has 9 nitrogen and oxygen atoms in total. The number of halogens is 1. The van der Waals surface area contributed by atoms with Crippen molar-refractivity contribution in [3.63, 3.8) is 0 Å². The first-order chi connectivity index (χ1) is 17.0. The molecule has 0 aliphatic carbocycles. The summed E-state index contributed by atoms with van der Waals surface area (Å²) >= 11 is 6.13. The highest BCUT2D eigenvalue weighted by atomic mass is 35.5. The van der Waals surface area contributed by atoms with E-state index in [0.29, 0.717) is 17.2 Å². The molecule has 0 saturated carbocycles. The number of anilines is 1. The van der Waals surface area contributed by atoms with Crippen LogP contribution >= 0.6 is 11.6 Å². The molecular formula is C25H20ClN5O4. The molecule has 0 N–H and O–H groups in total. The lowest BCUT2D eigenvalue weighted by Crippen LogP contribution is -2.43. The smallest absolute Gasteiger partial charge is 0.282 e. The first-order valence-electron chi connectivity index (χ1n) is 10.8. The molecule has 0 radical (unpaired) electrons. The SMILES string of the molecule is COc1ccccc1[C@@H]1C[C@@H](c2ccc(Cl)cc2)N(C(=O)c2ccccc2[N+](=O)[O-])c2ncnn21. The Hall–Kier alpha value is -4.24. The van der Waals surface area contributed by atoms with Crippen molar-refractivity contribution in [3.05, 3.63) is 111 Å². The Labute approximate surface area is 205 Å². The van der Waals surface area contributed by atoms with Crippen LogP contribution in [0.3, 0.4) is 0 Å². The van der Waals surface area contributed by atoms with Crippen molar-refractivity contribution in [1.82, 2.24) is 14.8 Å². The number of methoxy groups -OCH3 is 1. The van der Waals surface area contributed by atoms with Crippen LogP contribution in [0.5, 0.6) is 5.75 Å². The van der Waals surface area contributed by atoms with Crippen LogP contribution in [0.2, 0.25) is 5.02 Å². The number of nitro groups is 1. The third kappa shape index (κ3) is 4.00. The summed E-state index contributed by atoms with van der Waals surface area (Å²) in [5.74, 6) is 0.438. The maximum absolute atomic E-state index is 13.9. The summed E-state index contributed by atoms with van der Waals surface area (Å²) in [6.07, 6.45) is 1.81. The van der Waals surface area contributed by atoms with Crippen molar-refractivity contribution < 1.29 is 14.5 Å². The Balaban J connectivity index is 1.69. The largest absolute Gasteiger partial charge is 0.496 e. The Morgan fingerprint density at radius 2 is 1.77 bits per heavy atom. The monoisotopic (exact) mass is 489 g/mol. The van der Waals surface area contributed by atoms with Gasteiger partial charge in [0.1, 0.15) is 17.6 Å². The zero-order valence-electron chi connectivity index (χ0n) is 18.6. The molecule has 4 aromatic rings. The van der Waals surface area contributed by atoms with E-state index in [0.717, 1.165) is 11.1 Å². The molecule has 1 aromatic heterocycles. The van der Waals surface area contributed by atoms with Crippen LogP contribution in [-0.2, 0) is 0 Å². The Bertz CT molecular complexity index is 1410. The van der Waals surface area contributed by atoms with Crippen LogP contribution in [0.4, 0.5) is 11.6 Å². The lowest BCUT2D eigenvalue weighted by Gasteiger charge is -2.39. The topological polar surface area (TPSA) is 103 Å². The van der Waals surface area contributed by atoms with Gasteiger partial charge in [-0.3, -0.25) is 19.8 Å². The first-order valence-corrected chi connectivity index (χ1v) is 11.2. The molecule has 0 bridgehead atoms. The van der Waals surface area contributed by atoms with Crippen LogP contribution in [0, 0.1) is 10.1 Å². The van der Waals surface area contributed by atoms with Gasteiger partial charge in [-0.1, -0.05) is 54.1 Å². The van der Waals surface area contributed by atoms with Crippen molar-refractivity contribution >= 4 is 29.1 Å². The van der Waals surface area contributed by atoms with Crippen molar-refractivity contribution in [3.8, 4) is 5.75 Å².